The van der Waals surface area contributed by atoms with Gasteiger partial charge in [-0.2, -0.15) is 0 Å². The normalized spacial score (nSPS) is 10.1. The molecule has 0 saturated heterocycles. The summed E-state index contributed by atoms with van der Waals surface area (Å²) in [5.74, 6) is -1.00. The van der Waals surface area contributed by atoms with Gasteiger partial charge in [0, 0.05) is 9.26 Å². The Morgan fingerprint density at radius 3 is 2.90 bits per heavy atom. The summed E-state index contributed by atoms with van der Waals surface area (Å²) in [6, 6.07) is 7.01. The molecular formula is C12H12IN5O3. The number of aliphatic carboxylic acids is 1. The predicted molar refractivity (Wildman–Crippen MR) is 82.7 cm³/mol. The summed E-state index contributed by atoms with van der Waals surface area (Å²) in [6.45, 7) is -0.100. The van der Waals surface area contributed by atoms with Gasteiger partial charge in [-0.15, -0.1) is 5.10 Å². The number of halogens is 1. The lowest BCUT2D eigenvalue weighted by molar-refractivity contribution is -0.137. The average molecular weight is 401 g/mol. The number of carbonyl (C=O) groups excluding carboxylic acids is 1. The highest BCUT2D eigenvalue weighted by Crippen LogP contribution is 2.11. The molecule has 2 rings (SSSR count). The van der Waals surface area contributed by atoms with E-state index in [0.717, 1.165) is 3.57 Å². The molecule has 1 heterocycles. The molecule has 2 aromatic rings. The fourth-order valence-corrected chi connectivity index (χ4v) is 2.09. The molecule has 1 aromatic carbocycles. The maximum atomic E-state index is 11.7. The molecule has 1 aromatic heterocycles. The maximum Gasteiger partial charge on any atom is 0.325 e. The van der Waals surface area contributed by atoms with Crippen molar-refractivity contribution in [2.45, 2.75) is 13.1 Å². The van der Waals surface area contributed by atoms with Crippen molar-refractivity contribution in [3.05, 3.63) is 39.7 Å². The number of anilines is 1. The first kappa shape index (κ1) is 15.2. The monoisotopic (exact) mass is 401 g/mol. The Morgan fingerprint density at radius 2 is 2.19 bits per heavy atom. The summed E-state index contributed by atoms with van der Waals surface area (Å²) in [7, 11) is 0. The second-order valence-corrected chi connectivity index (χ2v) is 5.36. The number of rotatable bonds is 5. The molecule has 0 spiro atoms. The molecule has 0 saturated carbocycles. The maximum absolute atomic E-state index is 11.7. The van der Waals surface area contributed by atoms with Crippen LogP contribution in [0.25, 0.3) is 0 Å². The third-order valence-electron chi connectivity index (χ3n) is 2.40. The van der Waals surface area contributed by atoms with Gasteiger partial charge >= 0.3 is 12.0 Å². The summed E-state index contributed by atoms with van der Waals surface area (Å²) in [5.41, 5.74) is 1.17. The van der Waals surface area contributed by atoms with Gasteiger partial charge in [0.05, 0.1) is 12.7 Å². The molecule has 0 radical (unpaired) electrons. The van der Waals surface area contributed by atoms with Crippen LogP contribution >= 0.6 is 22.6 Å². The van der Waals surface area contributed by atoms with Crippen LogP contribution in [0.15, 0.2) is 30.5 Å². The summed E-state index contributed by atoms with van der Waals surface area (Å²) >= 11 is 2.15. The molecule has 0 fully saturated rings. The molecule has 0 unspecified atom stereocenters. The number of hydrogen-bond acceptors (Lipinski definition) is 4. The van der Waals surface area contributed by atoms with E-state index in [0.29, 0.717) is 11.4 Å². The Kier molecular flexibility index (Phi) is 5.09. The van der Waals surface area contributed by atoms with Crippen LogP contribution in [0.2, 0.25) is 0 Å². The number of hydrogen-bond donors (Lipinski definition) is 3. The smallest absolute Gasteiger partial charge is 0.325 e. The van der Waals surface area contributed by atoms with E-state index in [1.165, 1.54) is 10.9 Å². The van der Waals surface area contributed by atoms with Gasteiger partial charge in [-0.3, -0.25) is 4.79 Å². The van der Waals surface area contributed by atoms with Crippen molar-refractivity contribution in [3.8, 4) is 0 Å². The van der Waals surface area contributed by atoms with E-state index in [1.54, 1.807) is 6.07 Å². The number of aromatic nitrogens is 3. The molecular weight excluding hydrogens is 389 g/mol. The third-order valence-corrected chi connectivity index (χ3v) is 3.07. The molecule has 0 aliphatic carbocycles. The number of urea groups is 1. The quantitative estimate of drug-likeness (QED) is 0.655. The summed E-state index contributed by atoms with van der Waals surface area (Å²) in [6.07, 6.45) is 1.47. The molecule has 0 aliphatic rings. The number of carboxylic acids is 1. The number of amides is 2. The Hall–Kier alpha value is -2.17. The van der Waals surface area contributed by atoms with E-state index >= 15 is 0 Å². The van der Waals surface area contributed by atoms with E-state index in [-0.39, 0.29) is 19.1 Å². The van der Waals surface area contributed by atoms with Crippen molar-refractivity contribution in [2.24, 2.45) is 0 Å². The first-order valence-corrected chi connectivity index (χ1v) is 7.02. The highest BCUT2D eigenvalue weighted by molar-refractivity contribution is 14.1. The van der Waals surface area contributed by atoms with Gasteiger partial charge in [-0.25, -0.2) is 9.48 Å². The second-order valence-electron chi connectivity index (χ2n) is 4.12. The van der Waals surface area contributed by atoms with Crippen molar-refractivity contribution in [2.75, 3.05) is 5.32 Å². The van der Waals surface area contributed by atoms with Crippen molar-refractivity contribution in [3.63, 3.8) is 0 Å². The first-order chi connectivity index (χ1) is 10.0. The lowest BCUT2D eigenvalue weighted by Crippen LogP contribution is -2.28. The molecule has 0 aliphatic heterocycles. The van der Waals surface area contributed by atoms with Crippen LogP contribution in [0.4, 0.5) is 10.5 Å². The third kappa shape index (κ3) is 5.02. The van der Waals surface area contributed by atoms with Gasteiger partial charge in [-0.05, 0) is 40.8 Å². The molecule has 9 heteroatoms. The number of nitrogens with one attached hydrogen (secondary N) is 2. The highest BCUT2D eigenvalue weighted by atomic mass is 127. The summed E-state index contributed by atoms with van der Waals surface area (Å²) in [4.78, 5) is 22.2. The molecule has 0 bridgehead atoms. The van der Waals surface area contributed by atoms with E-state index in [9.17, 15) is 9.59 Å². The SMILES string of the molecule is O=C(O)Cn1cc(CNC(=O)Nc2cccc(I)c2)nn1. The topological polar surface area (TPSA) is 109 Å². The van der Waals surface area contributed by atoms with Gasteiger partial charge in [0.15, 0.2) is 0 Å². The highest BCUT2D eigenvalue weighted by Gasteiger charge is 2.06. The van der Waals surface area contributed by atoms with Crippen LogP contribution in [-0.2, 0) is 17.9 Å². The minimum atomic E-state index is -1.00. The van der Waals surface area contributed by atoms with Crippen LogP contribution in [0.1, 0.15) is 5.69 Å². The number of carbonyl (C=O) groups is 2. The largest absolute Gasteiger partial charge is 0.480 e. The van der Waals surface area contributed by atoms with Crippen molar-refractivity contribution >= 4 is 40.3 Å². The second kappa shape index (κ2) is 7.02. The van der Waals surface area contributed by atoms with Crippen LogP contribution in [-0.4, -0.2) is 32.1 Å². The molecule has 110 valence electrons. The van der Waals surface area contributed by atoms with E-state index < -0.39 is 5.97 Å². The number of carboxylic acid groups (broad SMARTS) is 1. The number of benzene rings is 1. The number of nitrogens with zero attached hydrogens (tertiary/aromatic N) is 3. The predicted octanol–water partition coefficient (Wildman–Crippen LogP) is 1.29. The zero-order valence-corrected chi connectivity index (χ0v) is 12.9. The minimum Gasteiger partial charge on any atom is -0.480 e. The lowest BCUT2D eigenvalue weighted by atomic mass is 10.3. The Balaban J connectivity index is 1.83. The van der Waals surface area contributed by atoms with Gasteiger partial charge in [0.1, 0.15) is 12.2 Å². The molecule has 0 atom stereocenters. The van der Waals surface area contributed by atoms with Crippen LogP contribution in [0, 0.1) is 3.57 Å². The van der Waals surface area contributed by atoms with Gasteiger partial charge in [-0.1, -0.05) is 11.3 Å². The standard InChI is InChI=1S/C12H12IN5O3/c13-8-2-1-3-9(4-8)15-12(21)14-5-10-6-18(17-16-10)7-11(19)20/h1-4,6H,5,7H2,(H,19,20)(H2,14,15,21). The van der Waals surface area contributed by atoms with Crippen LogP contribution in [0.5, 0.6) is 0 Å². The summed E-state index contributed by atoms with van der Waals surface area (Å²) in [5, 5.41) is 21.3. The first-order valence-electron chi connectivity index (χ1n) is 5.94. The average Bonchev–Trinajstić information content (AvgIpc) is 2.83. The van der Waals surface area contributed by atoms with Crippen LogP contribution < -0.4 is 10.6 Å². The van der Waals surface area contributed by atoms with Crippen molar-refractivity contribution in [1.82, 2.24) is 20.3 Å². The van der Waals surface area contributed by atoms with Crippen molar-refractivity contribution < 1.29 is 14.7 Å². The van der Waals surface area contributed by atoms with Crippen LogP contribution in [0.3, 0.4) is 0 Å². The molecule has 21 heavy (non-hydrogen) atoms. The Bertz CT molecular complexity index is 658. The lowest BCUT2D eigenvalue weighted by Gasteiger charge is -2.06. The zero-order chi connectivity index (χ0) is 15.2. The van der Waals surface area contributed by atoms with Crippen molar-refractivity contribution in [1.29, 1.82) is 0 Å². The molecule has 8 nitrogen and oxygen atoms in total. The van der Waals surface area contributed by atoms with Gasteiger partial charge < -0.3 is 15.7 Å². The fourth-order valence-electron chi connectivity index (χ4n) is 1.55. The fraction of sp³-hybridized carbons (Fsp3) is 0.167. The Morgan fingerprint density at radius 1 is 1.38 bits per heavy atom. The van der Waals surface area contributed by atoms with E-state index in [1.807, 2.05) is 18.2 Å². The van der Waals surface area contributed by atoms with Gasteiger partial charge in [0.25, 0.3) is 0 Å². The summed E-state index contributed by atoms with van der Waals surface area (Å²) < 4.78 is 2.21. The Labute approximate surface area is 133 Å². The molecule has 3 N–H and O–H groups in total. The van der Waals surface area contributed by atoms with E-state index in [4.69, 9.17) is 5.11 Å². The minimum absolute atomic E-state index is 0.162. The van der Waals surface area contributed by atoms with E-state index in [2.05, 4.69) is 43.5 Å². The van der Waals surface area contributed by atoms with Gasteiger partial charge in [0.2, 0.25) is 0 Å². The zero-order valence-electron chi connectivity index (χ0n) is 10.8. The molecule has 2 amide bonds.